The molecule has 0 unspecified atom stereocenters. The summed E-state index contributed by atoms with van der Waals surface area (Å²) in [5.74, 6) is 0.640. The van der Waals surface area contributed by atoms with Crippen LogP contribution in [-0.2, 0) is 32.9 Å². The standard InChI is InChI=1S/C28H25N2O.C12H10N.Ir/c1-18(2)15-20-8-10-21(11-9-20)16-22-13-14-29-26(17-22)25-6-4-5-23-24-12-7-19(3)30-28(24)31-27(23)25;1-10-7-8-12(13-9-10)11-5-3-2-4-6-11;/h4-5,7-14,17-18H,15-16H2,1-3H3;2-5,7-9H,1H3;/q2*-1;/i3D3;;. The minimum absolute atomic E-state index is 0. The van der Waals surface area contributed by atoms with Crippen LogP contribution in [0.2, 0.25) is 0 Å². The van der Waals surface area contributed by atoms with E-state index in [0.29, 0.717) is 17.2 Å². The zero-order valence-electron chi connectivity index (χ0n) is 28.5. The number of nitrogens with zero attached hydrogens (tertiary/aromatic N) is 3. The van der Waals surface area contributed by atoms with Crippen molar-refractivity contribution in [3.05, 3.63) is 150 Å². The smallest absolute Gasteiger partial charge is 0.216 e. The zero-order chi connectivity index (χ0) is 33.0. The number of fused-ring (bicyclic) bond motifs is 3. The molecule has 45 heavy (non-hydrogen) atoms. The van der Waals surface area contributed by atoms with Crippen molar-refractivity contribution >= 4 is 22.1 Å². The van der Waals surface area contributed by atoms with E-state index >= 15 is 0 Å². The van der Waals surface area contributed by atoms with Gasteiger partial charge >= 0.3 is 0 Å². The van der Waals surface area contributed by atoms with Gasteiger partial charge in [-0.25, -0.2) is 4.98 Å². The van der Waals surface area contributed by atoms with Crippen molar-refractivity contribution in [3.8, 4) is 22.5 Å². The summed E-state index contributed by atoms with van der Waals surface area (Å²) in [6, 6.07) is 38.3. The summed E-state index contributed by atoms with van der Waals surface area (Å²) in [4.78, 5) is 13.1. The molecular formula is C40H35IrN3O-2. The van der Waals surface area contributed by atoms with Crippen LogP contribution >= 0.6 is 0 Å². The first-order valence-electron chi connectivity index (χ1n) is 16.3. The fraction of sp³-hybridized carbons (Fsp3) is 0.175. The van der Waals surface area contributed by atoms with Crippen molar-refractivity contribution in [1.29, 1.82) is 0 Å². The van der Waals surface area contributed by atoms with E-state index in [9.17, 15) is 0 Å². The molecule has 4 aromatic heterocycles. The molecule has 0 spiro atoms. The summed E-state index contributed by atoms with van der Waals surface area (Å²) in [6.07, 6.45) is 5.56. The number of benzene rings is 3. The van der Waals surface area contributed by atoms with E-state index in [1.54, 1.807) is 12.3 Å². The first-order valence-corrected chi connectivity index (χ1v) is 14.8. The first-order chi connectivity index (χ1) is 22.6. The third-order valence-electron chi connectivity index (χ3n) is 7.35. The first kappa shape index (κ1) is 28.1. The third kappa shape index (κ3) is 7.80. The average molecular weight is 769 g/mol. The van der Waals surface area contributed by atoms with Gasteiger partial charge in [-0.15, -0.1) is 54.1 Å². The number of hydrogen-bond donors (Lipinski definition) is 0. The molecule has 7 rings (SSSR count). The molecule has 1 radical (unpaired) electrons. The molecule has 4 nitrogen and oxygen atoms in total. The predicted molar refractivity (Wildman–Crippen MR) is 179 cm³/mol. The van der Waals surface area contributed by atoms with Gasteiger partial charge < -0.3 is 14.4 Å². The largest absolute Gasteiger partial charge is 0.486 e. The molecule has 0 aliphatic carbocycles. The Kier molecular flexibility index (Phi) is 9.08. The molecule has 0 aliphatic rings. The van der Waals surface area contributed by atoms with Gasteiger partial charge in [-0.1, -0.05) is 67.3 Å². The van der Waals surface area contributed by atoms with Gasteiger partial charge in [0.15, 0.2) is 0 Å². The van der Waals surface area contributed by atoms with Gasteiger partial charge in [-0.2, -0.15) is 0 Å². The summed E-state index contributed by atoms with van der Waals surface area (Å²) in [6.45, 7) is 4.21. The molecule has 0 aliphatic heterocycles. The number of pyridine rings is 3. The van der Waals surface area contributed by atoms with Crippen LogP contribution in [0.5, 0.6) is 0 Å². The van der Waals surface area contributed by atoms with Crippen molar-refractivity contribution in [2.24, 2.45) is 5.92 Å². The van der Waals surface area contributed by atoms with E-state index < -0.39 is 6.85 Å². The predicted octanol–water partition coefficient (Wildman–Crippen LogP) is 9.80. The molecule has 0 saturated heterocycles. The summed E-state index contributed by atoms with van der Waals surface area (Å²) < 4.78 is 28.9. The molecular weight excluding hydrogens is 731 g/mol. The van der Waals surface area contributed by atoms with E-state index in [4.69, 9.17) is 8.53 Å². The van der Waals surface area contributed by atoms with E-state index in [1.807, 2.05) is 61.7 Å². The minimum Gasteiger partial charge on any atom is -0.486 e. The summed E-state index contributed by atoms with van der Waals surface area (Å²) in [5.41, 5.74) is 9.38. The van der Waals surface area contributed by atoms with Crippen LogP contribution in [0.1, 0.15) is 45.9 Å². The Labute approximate surface area is 283 Å². The number of aromatic nitrogens is 3. The number of aryl methyl sites for hydroxylation is 2. The van der Waals surface area contributed by atoms with Crippen molar-refractivity contribution in [3.63, 3.8) is 0 Å². The van der Waals surface area contributed by atoms with Gasteiger partial charge in [-0.05, 0) is 84.4 Å². The summed E-state index contributed by atoms with van der Waals surface area (Å²) in [5, 5.41) is 1.64. The fourth-order valence-electron chi connectivity index (χ4n) is 5.21. The molecule has 0 saturated carbocycles. The summed E-state index contributed by atoms with van der Waals surface area (Å²) in [7, 11) is 0. The number of rotatable bonds is 6. The van der Waals surface area contributed by atoms with E-state index in [-0.39, 0.29) is 25.8 Å². The number of furan rings is 1. The average Bonchev–Trinajstić information content (AvgIpc) is 3.45. The van der Waals surface area contributed by atoms with Crippen LogP contribution in [-0.4, -0.2) is 15.0 Å². The van der Waals surface area contributed by atoms with Gasteiger partial charge in [-0.3, -0.25) is 0 Å². The van der Waals surface area contributed by atoms with Gasteiger partial charge in [0.05, 0.1) is 5.58 Å². The van der Waals surface area contributed by atoms with Gasteiger partial charge in [0.1, 0.15) is 0 Å². The van der Waals surface area contributed by atoms with Crippen LogP contribution in [0.15, 0.2) is 114 Å². The second-order valence-electron chi connectivity index (χ2n) is 11.4. The molecule has 0 N–H and O–H groups in total. The normalized spacial score (nSPS) is 12.1. The maximum absolute atomic E-state index is 7.63. The van der Waals surface area contributed by atoms with Gasteiger partial charge in [0.2, 0.25) is 5.71 Å². The van der Waals surface area contributed by atoms with Crippen molar-refractivity contribution in [2.45, 2.75) is 40.5 Å². The van der Waals surface area contributed by atoms with Crippen molar-refractivity contribution < 1.29 is 28.6 Å². The Morgan fingerprint density at radius 2 is 1.64 bits per heavy atom. The number of hydrogen-bond acceptors (Lipinski definition) is 4. The molecule has 0 atom stereocenters. The van der Waals surface area contributed by atoms with E-state index in [1.165, 1.54) is 22.8 Å². The Morgan fingerprint density at radius 1 is 0.800 bits per heavy atom. The molecule has 0 bridgehead atoms. The van der Waals surface area contributed by atoms with E-state index in [2.05, 4.69) is 77.3 Å². The Morgan fingerprint density at radius 3 is 2.38 bits per heavy atom. The molecule has 7 aromatic rings. The molecule has 0 fully saturated rings. The Balaban J connectivity index is 0.000000270. The van der Waals surface area contributed by atoms with Gasteiger partial charge in [0.25, 0.3) is 0 Å². The monoisotopic (exact) mass is 769 g/mol. The van der Waals surface area contributed by atoms with Crippen LogP contribution in [0.3, 0.4) is 0 Å². The second-order valence-corrected chi connectivity index (χ2v) is 11.4. The Hall–Kier alpha value is -4.44. The molecule has 4 heterocycles. The van der Waals surface area contributed by atoms with Gasteiger partial charge in [0, 0.05) is 47.7 Å². The maximum atomic E-state index is 7.63. The van der Waals surface area contributed by atoms with Crippen molar-refractivity contribution in [2.75, 3.05) is 0 Å². The Bertz CT molecular complexity index is 2110. The maximum Gasteiger partial charge on any atom is 0.216 e. The van der Waals surface area contributed by atoms with Crippen molar-refractivity contribution in [1.82, 2.24) is 15.0 Å². The summed E-state index contributed by atoms with van der Waals surface area (Å²) >= 11 is 0. The quantitative estimate of drug-likeness (QED) is 0.158. The fourth-order valence-corrected chi connectivity index (χ4v) is 5.21. The van der Waals surface area contributed by atoms with E-state index in [0.717, 1.165) is 51.7 Å². The molecule has 227 valence electrons. The second kappa shape index (κ2) is 14.6. The van der Waals surface area contributed by atoms with Crippen LogP contribution in [0.25, 0.3) is 44.6 Å². The van der Waals surface area contributed by atoms with Crippen LogP contribution < -0.4 is 0 Å². The topological polar surface area (TPSA) is 51.8 Å². The van der Waals surface area contributed by atoms with Crippen LogP contribution in [0.4, 0.5) is 0 Å². The minimum atomic E-state index is -2.29. The molecule has 0 amide bonds. The molecule has 5 heteroatoms. The third-order valence-corrected chi connectivity index (χ3v) is 7.35. The molecule has 3 aromatic carbocycles. The SMILES string of the molecule is Cc1ccc(-c2[c-]cccc2)nc1.[2H]C([2H])([2H])c1ccc2c(n1)oc1c(-c3cc(Cc4ccc(CC(C)C)cc4)ccn3)[c-]ccc12.[Ir]. The zero-order valence-corrected chi connectivity index (χ0v) is 27.9. The van der Waals surface area contributed by atoms with Crippen LogP contribution in [0, 0.1) is 31.8 Å².